The van der Waals surface area contributed by atoms with Crippen molar-refractivity contribution in [2.75, 3.05) is 18.5 Å². The van der Waals surface area contributed by atoms with Gasteiger partial charge in [0.15, 0.2) is 5.82 Å². The molecule has 1 aromatic carbocycles. The summed E-state index contributed by atoms with van der Waals surface area (Å²) in [6.07, 6.45) is 0.656. The van der Waals surface area contributed by atoms with E-state index in [1.807, 2.05) is 23.7 Å². The molecule has 0 aliphatic heterocycles. The maximum atomic E-state index is 11.4. The van der Waals surface area contributed by atoms with Crippen LogP contribution >= 0.6 is 0 Å². The number of fused-ring (bicyclic) bond motifs is 1. The van der Waals surface area contributed by atoms with Crippen LogP contribution in [0.15, 0.2) is 18.2 Å². The Morgan fingerprint density at radius 2 is 2.18 bits per heavy atom. The lowest BCUT2D eigenvalue weighted by molar-refractivity contribution is -0.125. The highest BCUT2D eigenvalue weighted by Crippen LogP contribution is 2.28. The van der Waals surface area contributed by atoms with Gasteiger partial charge in [-0.15, -0.1) is 0 Å². The fourth-order valence-electron chi connectivity index (χ4n) is 2.41. The van der Waals surface area contributed by atoms with Crippen LogP contribution in [0, 0.1) is 0 Å². The van der Waals surface area contributed by atoms with Gasteiger partial charge in [-0.3, -0.25) is 19.6 Å². The molecular formula is C16H22N4O2. The van der Waals surface area contributed by atoms with Gasteiger partial charge in [-0.05, 0) is 23.6 Å². The van der Waals surface area contributed by atoms with Crippen molar-refractivity contribution in [1.82, 2.24) is 15.1 Å². The van der Waals surface area contributed by atoms with Crippen LogP contribution in [0.1, 0.15) is 31.7 Å². The molecule has 118 valence electrons. The third kappa shape index (κ3) is 3.27. The number of imide groups is 1. The standard InChI is InChI=1S/C16H22N4O2/c1-11(2)12-5-6-13-14(9-12)20(4)18-16(13)19(3)8-7-15(22)17-10-21/h5-6,9-11H,7-8H2,1-4H3,(H,17,21,22). The van der Waals surface area contributed by atoms with E-state index in [0.29, 0.717) is 18.9 Å². The first-order chi connectivity index (χ1) is 10.4. The highest BCUT2D eigenvalue weighted by atomic mass is 16.2. The van der Waals surface area contributed by atoms with E-state index in [9.17, 15) is 9.59 Å². The quantitative estimate of drug-likeness (QED) is 0.826. The number of nitrogens with one attached hydrogen (secondary N) is 1. The largest absolute Gasteiger partial charge is 0.357 e. The molecule has 6 nitrogen and oxygen atoms in total. The Bertz CT molecular complexity index is 691. The fourth-order valence-corrected chi connectivity index (χ4v) is 2.41. The van der Waals surface area contributed by atoms with E-state index >= 15 is 0 Å². The van der Waals surface area contributed by atoms with E-state index in [4.69, 9.17) is 0 Å². The summed E-state index contributed by atoms with van der Waals surface area (Å²) in [6.45, 7) is 4.82. The molecule has 6 heteroatoms. The van der Waals surface area contributed by atoms with Gasteiger partial charge in [-0.2, -0.15) is 5.10 Å². The summed E-state index contributed by atoms with van der Waals surface area (Å²) in [7, 11) is 3.81. The van der Waals surface area contributed by atoms with Gasteiger partial charge in [-0.1, -0.05) is 19.9 Å². The van der Waals surface area contributed by atoms with Gasteiger partial charge in [0.05, 0.1) is 5.52 Å². The molecule has 0 fully saturated rings. The molecule has 1 heterocycles. The van der Waals surface area contributed by atoms with Crippen LogP contribution in [0.5, 0.6) is 0 Å². The van der Waals surface area contributed by atoms with Gasteiger partial charge >= 0.3 is 0 Å². The Balaban J connectivity index is 2.24. The highest BCUT2D eigenvalue weighted by Gasteiger charge is 2.14. The van der Waals surface area contributed by atoms with Gasteiger partial charge in [-0.25, -0.2) is 0 Å². The first kappa shape index (κ1) is 16.0. The predicted molar refractivity (Wildman–Crippen MR) is 86.9 cm³/mol. The molecule has 2 rings (SSSR count). The van der Waals surface area contributed by atoms with Crippen LogP contribution in [0.25, 0.3) is 10.9 Å². The second-order valence-electron chi connectivity index (χ2n) is 5.74. The number of aromatic nitrogens is 2. The molecule has 0 saturated carbocycles. The average molecular weight is 302 g/mol. The van der Waals surface area contributed by atoms with E-state index in [1.54, 1.807) is 0 Å². The number of anilines is 1. The van der Waals surface area contributed by atoms with Crippen LogP contribution in [0.4, 0.5) is 5.82 Å². The Labute approximate surface area is 130 Å². The smallest absolute Gasteiger partial charge is 0.228 e. The molecule has 0 aliphatic carbocycles. The number of carbonyl (C=O) groups is 2. The lowest BCUT2D eigenvalue weighted by Crippen LogP contribution is -2.28. The minimum absolute atomic E-state index is 0.247. The topological polar surface area (TPSA) is 67.2 Å². The minimum atomic E-state index is -0.288. The summed E-state index contributed by atoms with van der Waals surface area (Å²) in [5.41, 5.74) is 2.35. The monoisotopic (exact) mass is 302 g/mol. The van der Waals surface area contributed by atoms with E-state index in [0.717, 1.165) is 16.7 Å². The van der Waals surface area contributed by atoms with Crippen molar-refractivity contribution < 1.29 is 9.59 Å². The molecule has 0 bridgehead atoms. The number of carbonyl (C=O) groups excluding carboxylic acids is 2. The third-order valence-electron chi connectivity index (χ3n) is 3.78. The summed E-state index contributed by atoms with van der Waals surface area (Å²) in [4.78, 5) is 23.5. The molecular weight excluding hydrogens is 280 g/mol. The maximum absolute atomic E-state index is 11.4. The number of aryl methyl sites for hydroxylation is 1. The van der Waals surface area contributed by atoms with E-state index < -0.39 is 0 Å². The SMILES string of the molecule is CC(C)c1ccc2c(N(C)CCC(=O)NC=O)nn(C)c2c1. The molecule has 0 atom stereocenters. The van der Waals surface area contributed by atoms with E-state index in [-0.39, 0.29) is 12.3 Å². The number of benzene rings is 1. The third-order valence-corrected chi connectivity index (χ3v) is 3.78. The summed E-state index contributed by atoms with van der Waals surface area (Å²) in [6, 6.07) is 6.35. The van der Waals surface area contributed by atoms with Crippen LogP contribution in [0.3, 0.4) is 0 Å². The number of amides is 2. The lowest BCUT2D eigenvalue weighted by atomic mass is 10.0. The minimum Gasteiger partial charge on any atom is -0.357 e. The zero-order valence-electron chi connectivity index (χ0n) is 13.5. The van der Waals surface area contributed by atoms with Gasteiger partial charge in [0.1, 0.15) is 0 Å². The molecule has 1 N–H and O–H groups in total. The van der Waals surface area contributed by atoms with Gasteiger partial charge in [0, 0.05) is 32.4 Å². The number of hydrogen-bond donors (Lipinski definition) is 1. The lowest BCUT2D eigenvalue weighted by Gasteiger charge is -2.16. The second-order valence-corrected chi connectivity index (χ2v) is 5.74. The summed E-state index contributed by atoms with van der Waals surface area (Å²) in [5, 5.41) is 7.76. The summed E-state index contributed by atoms with van der Waals surface area (Å²) >= 11 is 0. The zero-order chi connectivity index (χ0) is 16.3. The Kier molecular flexibility index (Phi) is 4.80. The summed E-state index contributed by atoms with van der Waals surface area (Å²) < 4.78 is 1.86. The molecule has 2 aromatic rings. The van der Waals surface area contributed by atoms with E-state index in [1.165, 1.54) is 5.56 Å². The molecule has 0 radical (unpaired) electrons. The van der Waals surface area contributed by atoms with Crippen LogP contribution in [-0.4, -0.2) is 35.7 Å². The van der Waals surface area contributed by atoms with Gasteiger partial charge in [0.25, 0.3) is 0 Å². The molecule has 0 saturated heterocycles. The number of hydrogen-bond acceptors (Lipinski definition) is 4. The van der Waals surface area contributed by atoms with Crippen molar-refractivity contribution >= 4 is 29.0 Å². The van der Waals surface area contributed by atoms with Crippen LogP contribution < -0.4 is 10.2 Å². The average Bonchev–Trinajstić information content (AvgIpc) is 2.82. The predicted octanol–water partition coefficient (Wildman–Crippen LogP) is 1.80. The molecule has 0 aliphatic rings. The first-order valence-electron chi connectivity index (χ1n) is 7.34. The van der Waals surface area contributed by atoms with Crippen LogP contribution in [0.2, 0.25) is 0 Å². The van der Waals surface area contributed by atoms with E-state index in [2.05, 4.69) is 42.5 Å². The molecule has 0 unspecified atom stereocenters. The van der Waals surface area contributed by atoms with Crippen LogP contribution in [-0.2, 0) is 16.6 Å². The van der Waals surface area contributed by atoms with Crippen molar-refractivity contribution in [3.8, 4) is 0 Å². The van der Waals surface area contributed by atoms with Gasteiger partial charge < -0.3 is 4.90 Å². The number of rotatable bonds is 6. The molecule has 22 heavy (non-hydrogen) atoms. The summed E-state index contributed by atoms with van der Waals surface area (Å²) in [5.74, 6) is 1.02. The highest BCUT2D eigenvalue weighted by molar-refractivity contribution is 5.91. The van der Waals surface area contributed by atoms with Crippen molar-refractivity contribution in [2.45, 2.75) is 26.2 Å². The molecule has 0 spiro atoms. The second kappa shape index (κ2) is 6.60. The Hall–Kier alpha value is -2.37. The first-order valence-corrected chi connectivity index (χ1v) is 7.34. The fraction of sp³-hybridized carbons (Fsp3) is 0.438. The maximum Gasteiger partial charge on any atom is 0.228 e. The van der Waals surface area contributed by atoms with Crippen molar-refractivity contribution in [2.24, 2.45) is 7.05 Å². The van der Waals surface area contributed by atoms with Crippen molar-refractivity contribution in [1.29, 1.82) is 0 Å². The van der Waals surface area contributed by atoms with Crippen molar-refractivity contribution in [3.05, 3.63) is 23.8 Å². The van der Waals surface area contributed by atoms with Gasteiger partial charge in [0.2, 0.25) is 12.3 Å². The molecule has 1 aromatic heterocycles. The number of nitrogens with zero attached hydrogens (tertiary/aromatic N) is 3. The zero-order valence-corrected chi connectivity index (χ0v) is 13.5. The molecule has 2 amide bonds. The Morgan fingerprint density at radius 1 is 1.45 bits per heavy atom. The Morgan fingerprint density at radius 3 is 2.82 bits per heavy atom. The van der Waals surface area contributed by atoms with Crippen molar-refractivity contribution in [3.63, 3.8) is 0 Å². The normalized spacial score (nSPS) is 11.0.